The molecule has 6 heteroatoms. The average molecular weight is 293 g/mol. The van der Waals surface area contributed by atoms with Crippen LogP contribution in [0.5, 0.6) is 0 Å². The fourth-order valence-corrected chi connectivity index (χ4v) is 3.07. The van der Waals surface area contributed by atoms with E-state index in [2.05, 4.69) is 9.88 Å². The van der Waals surface area contributed by atoms with Crippen molar-refractivity contribution in [2.75, 3.05) is 18.0 Å². The van der Waals surface area contributed by atoms with Crippen LogP contribution in [0.25, 0.3) is 0 Å². The molecule has 3 heterocycles. The van der Waals surface area contributed by atoms with E-state index in [1.165, 1.54) is 6.07 Å². The summed E-state index contributed by atoms with van der Waals surface area (Å²) in [6, 6.07) is 3.53. The van der Waals surface area contributed by atoms with Gasteiger partial charge < -0.3 is 14.5 Å². The van der Waals surface area contributed by atoms with Crippen LogP contribution in [0.4, 0.5) is 14.9 Å². The molecular formula is C15H20FN3O2. The molecule has 1 aromatic heterocycles. The first-order valence-electron chi connectivity index (χ1n) is 7.21. The minimum Gasteiger partial charge on any atom is -0.444 e. The van der Waals surface area contributed by atoms with E-state index in [1.54, 1.807) is 12.3 Å². The van der Waals surface area contributed by atoms with Crippen LogP contribution in [0.3, 0.4) is 0 Å². The molecule has 0 radical (unpaired) electrons. The molecule has 2 fully saturated rings. The summed E-state index contributed by atoms with van der Waals surface area (Å²) in [6.45, 7) is 7.01. The first-order chi connectivity index (χ1) is 9.83. The smallest absolute Gasteiger partial charge is 0.410 e. The predicted octanol–water partition coefficient (Wildman–Crippen LogP) is 2.42. The molecule has 0 aromatic carbocycles. The molecule has 0 aliphatic carbocycles. The Morgan fingerprint density at radius 3 is 2.62 bits per heavy atom. The van der Waals surface area contributed by atoms with Gasteiger partial charge in [-0.1, -0.05) is 0 Å². The van der Waals surface area contributed by atoms with Crippen LogP contribution in [0, 0.1) is 5.95 Å². The number of ether oxygens (including phenoxy) is 1. The monoisotopic (exact) mass is 293 g/mol. The molecule has 2 atom stereocenters. The SMILES string of the molecule is CC(C)(C)OC(=O)N1C[C@H]2C[C@@H]1CN2c1ccc(F)nc1. The van der Waals surface area contributed by atoms with Crippen LogP contribution in [0.2, 0.25) is 0 Å². The quantitative estimate of drug-likeness (QED) is 0.746. The first-order valence-corrected chi connectivity index (χ1v) is 7.21. The van der Waals surface area contributed by atoms with E-state index in [4.69, 9.17) is 4.74 Å². The number of pyridine rings is 1. The lowest BCUT2D eigenvalue weighted by atomic mass is 10.2. The molecule has 2 aliphatic heterocycles. The van der Waals surface area contributed by atoms with Crippen molar-refractivity contribution in [3.05, 3.63) is 24.3 Å². The molecule has 0 N–H and O–H groups in total. The Balaban J connectivity index is 1.66. The number of nitrogens with zero attached hydrogens (tertiary/aromatic N) is 3. The Morgan fingerprint density at radius 1 is 1.33 bits per heavy atom. The lowest BCUT2D eigenvalue weighted by Crippen LogP contribution is -2.50. The van der Waals surface area contributed by atoms with Gasteiger partial charge in [0.15, 0.2) is 0 Å². The molecule has 21 heavy (non-hydrogen) atoms. The number of anilines is 1. The molecular weight excluding hydrogens is 273 g/mol. The summed E-state index contributed by atoms with van der Waals surface area (Å²) in [7, 11) is 0. The summed E-state index contributed by atoms with van der Waals surface area (Å²) in [5, 5.41) is 0. The summed E-state index contributed by atoms with van der Waals surface area (Å²) in [5.74, 6) is -0.474. The zero-order chi connectivity index (χ0) is 15.2. The highest BCUT2D eigenvalue weighted by Gasteiger charge is 2.46. The second kappa shape index (κ2) is 4.86. The maximum absolute atomic E-state index is 12.9. The Bertz CT molecular complexity index is 541. The third kappa shape index (κ3) is 2.80. The first kappa shape index (κ1) is 14.1. The molecule has 2 aliphatic rings. The van der Waals surface area contributed by atoms with Gasteiger partial charge in [-0.2, -0.15) is 4.39 Å². The zero-order valence-electron chi connectivity index (χ0n) is 12.5. The fourth-order valence-electron chi connectivity index (χ4n) is 3.07. The van der Waals surface area contributed by atoms with E-state index in [0.29, 0.717) is 6.54 Å². The van der Waals surface area contributed by atoms with Crippen LogP contribution in [-0.2, 0) is 4.74 Å². The van der Waals surface area contributed by atoms with Gasteiger partial charge in [0.2, 0.25) is 5.95 Å². The number of likely N-dealkylation sites (tertiary alicyclic amines) is 1. The molecule has 0 unspecified atom stereocenters. The number of hydrogen-bond acceptors (Lipinski definition) is 4. The summed E-state index contributed by atoms with van der Waals surface area (Å²) in [4.78, 5) is 19.9. The number of carbonyl (C=O) groups excluding carboxylic acids is 1. The summed E-state index contributed by atoms with van der Waals surface area (Å²) >= 11 is 0. The number of aromatic nitrogens is 1. The number of fused-ring (bicyclic) bond motifs is 2. The third-order valence-electron chi connectivity index (χ3n) is 3.91. The van der Waals surface area contributed by atoms with E-state index < -0.39 is 11.5 Å². The van der Waals surface area contributed by atoms with Gasteiger partial charge in [-0.05, 0) is 39.3 Å². The van der Waals surface area contributed by atoms with Crippen molar-refractivity contribution in [2.24, 2.45) is 0 Å². The van der Waals surface area contributed by atoms with Crippen LogP contribution in [0.1, 0.15) is 27.2 Å². The highest BCUT2D eigenvalue weighted by atomic mass is 19.1. The number of amides is 1. The third-order valence-corrected chi connectivity index (χ3v) is 3.91. The Hall–Kier alpha value is -1.85. The van der Waals surface area contributed by atoms with Crippen molar-refractivity contribution in [2.45, 2.75) is 44.9 Å². The van der Waals surface area contributed by atoms with Gasteiger partial charge in [-0.25, -0.2) is 9.78 Å². The van der Waals surface area contributed by atoms with Gasteiger partial charge in [-0.3, -0.25) is 0 Å². The summed E-state index contributed by atoms with van der Waals surface area (Å²) in [5.41, 5.74) is 0.437. The van der Waals surface area contributed by atoms with E-state index in [9.17, 15) is 9.18 Å². The van der Waals surface area contributed by atoms with Crippen molar-refractivity contribution in [1.82, 2.24) is 9.88 Å². The summed E-state index contributed by atoms with van der Waals surface area (Å²) < 4.78 is 18.3. The van der Waals surface area contributed by atoms with Crippen molar-refractivity contribution in [1.29, 1.82) is 0 Å². The number of rotatable bonds is 1. The van der Waals surface area contributed by atoms with Crippen LogP contribution >= 0.6 is 0 Å². The Morgan fingerprint density at radius 2 is 2.10 bits per heavy atom. The van der Waals surface area contributed by atoms with Crippen molar-refractivity contribution in [3.63, 3.8) is 0 Å². The van der Waals surface area contributed by atoms with E-state index in [0.717, 1.165) is 18.7 Å². The Labute approximate surface area is 123 Å². The van der Waals surface area contributed by atoms with Crippen LogP contribution in [-0.4, -0.2) is 46.8 Å². The minimum atomic E-state index is -0.474. The van der Waals surface area contributed by atoms with Crippen LogP contribution in [0.15, 0.2) is 18.3 Å². The average Bonchev–Trinajstić information content (AvgIpc) is 2.97. The molecule has 0 spiro atoms. The van der Waals surface area contributed by atoms with E-state index in [1.807, 2.05) is 25.7 Å². The van der Waals surface area contributed by atoms with E-state index in [-0.39, 0.29) is 18.2 Å². The maximum Gasteiger partial charge on any atom is 0.410 e. The number of halogens is 1. The highest BCUT2D eigenvalue weighted by molar-refractivity contribution is 5.70. The second-order valence-electron chi connectivity index (χ2n) is 6.67. The lowest BCUT2D eigenvalue weighted by Gasteiger charge is -2.36. The predicted molar refractivity (Wildman–Crippen MR) is 76.7 cm³/mol. The van der Waals surface area contributed by atoms with Crippen LogP contribution < -0.4 is 4.90 Å². The molecule has 114 valence electrons. The van der Waals surface area contributed by atoms with Crippen molar-refractivity contribution >= 4 is 11.8 Å². The number of carbonyl (C=O) groups is 1. The molecule has 0 saturated carbocycles. The molecule has 1 aromatic rings. The minimum absolute atomic E-state index is 0.162. The molecule has 2 bridgehead atoms. The highest BCUT2D eigenvalue weighted by Crippen LogP contribution is 2.35. The summed E-state index contributed by atoms with van der Waals surface area (Å²) in [6.07, 6.45) is 2.23. The molecule has 3 rings (SSSR count). The topological polar surface area (TPSA) is 45.7 Å². The molecule has 2 saturated heterocycles. The van der Waals surface area contributed by atoms with Gasteiger partial charge >= 0.3 is 6.09 Å². The molecule has 1 amide bonds. The number of hydrogen-bond donors (Lipinski definition) is 0. The van der Waals surface area contributed by atoms with Crippen molar-refractivity contribution in [3.8, 4) is 0 Å². The van der Waals surface area contributed by atoms with Crippen molar-refractivity contribution < 1.29 is 13.9 Å². The van der Waals surface area contributed by atoms with Gasteiger partial charge in [0.05, 0.1) is 17.9 Å². The Kier molecular flexibility index (Phi) is 3.26. The fraction of sp³-hybridized carbons (Fsp3) is 0.600. The van der Waals surface area contributed by atoms with Gasteiger partial charge in [0.1, 0.15) is 5.60 Å². The standard InChI is InChI=1S/C15H20FN3O2/c1-15(2,3)21-14(20)19-9-11-6-12(19)8-18(11)10-4-5-13(16)17-7-10/h4-5,7,11-12H,6,8-9H2,1-3H3/t11-,12-/m1/s1. The largest absolute Gasteiger partial charge is 0.444 e. The van der Waals surface area contributed by atoms with Gasteiger partial charge in [-0.15, -0.1) is 0 Å². The maximum atomic E-state index is 12.9. The van der Waals surface area contributed by atoms with Gasteiger partial charge in [0, 0.05) is 19.1 Å². The molecule has 5 nitrogen and oxygen atoms in total. The lowest BCUT2D eigenvalue weighted by molar-refractivity contribution is 0.0215. The van der Waals surface area contributed by atoms with E-state index >= 15 is 0 Å². The normalized spacial score (nSPS) is 24.6. The zero-order valence-corrected chi connectivity index (χ0v) is 12.5. The van der Waals surface area contributed by atoms with Gasteiger partial charge in [0.25, 0.3) is 0 Å². The second-order valence-corrected chi connectivity index (χ2v) is 6.67. The number of piperazine rings is 1.